The van der Waals surface area contributed by atoms with Crippen LogP contribution in [-0.2, 0) is 0 Å². The van der Waals surface area contributed by atoms with Crippen molar-refractivity contribution in [2.45, 2.75) is 25.2 Å². The zero-order chi connectivity index (χ0) is 11.5. The molecule has 2 atom stereocenters. The van der Waals surface area contributed by atoms with Gasteiger partial charge in [0.2, 0.25) is 0 Å². The Morgan fingerprint density at radius 2 is 2.06 bits per heavy atom. The van der Waals surface area contributed by atoms with Crippen LogP contribution >= 0.6 is 0 Å². The number of rotatable bonds is 3. The summed E-state index contributed by atoms with van der Waals surface area (Å²) in [6, 6.07) is 4.31. The third kappa shape index (κ3) is 2.24. The maximum Gasteiger partial charge on any atom is 0.159 e. The molecule has 0 radical (unpaired) electrons. The molecule has 88 valence electrons. The molecule has 0 bridgehead atoms. The lowest BCUT2D eigenvalue weighted by atomic mass is 9.89. The highest BCUT2D eigenvalue weighted by atomic mass is 19.2. The predicted molar refractivity (Wildman–Crippen MR) is 60.4 cm³/mol. The zero-order valence-electron chi connectivity index (χ0n) is 9.47. The third-order valence-electron chi connectivity index (χ3n) is 3.50. The maximum absolute atomic E-state index is 13.2. The van der Waals surface area contributed by atoms with Gasteiger partial charge >= 0.3 is 0 Å². The minimum Gasteiger partial charge on any atom is -0.319 e. The first-order valence-corrected chi connectivity index (χ1v) is 5.82. The van der Waals surface area contributed by atoms with Gasteiger partial charge < -0.3 is 5.32 Å². The molecular formula is C13H17F2N. The monoisotopic (exact) mass is 225 g/mol. The summed E-state index contributed by atoms with van der Waals surface area (Å²) in [5.74, 6) is -0.558. The van der Waals surface area contributed by atoms with Crippen LogP contribution in [0.25, 0.3) is 0 Å². The molecule has 0 heterocycles. The number of nitrogens with one attached hydrogen (secondary N) is 1. The van der Waals surface area contributed by atoms with Crippen molar-refractivity contribution in [1.29, 1.82) is 0 Å². The molecule has 3 heteroatoms. The summed E-state index contributed by atoms with van der Waals surface area (Å²) in [6.45, 7) is 0.948. The van der Waals surface area contributed by atoms with Gasteiger partial charge in [-0.05, 0) is 56.0 Å². The average Bonchev–Trinajstić information content (AvgIpc) is 2.71. The molecule has 2 rings (SSSR count). The van der Waals surface area contributed by atoms with Crippen LogP contribution in [-0.4, -0.2) is 13.6 Å². The van der Waals surface area contributed by atoms with Crippen LogP contribution < -0.4 is 5.32 Å². The van der Waals surface area contributed by atoms with Crippen LogP contribution in [0.4, 0.5) is 8.78 Å². The topological polar surface area (TPSA) is 12.0 Å². The summed E-state index contributed by atoms with van der Waals surface area (Å²) in [7, 11) is 1.93. The van der Waals surface area contributed by atoms with Crippen molar-refractivity contribution >= 4 is 0 Å². The van der Waals surface area contributed by atoms with Gasteiger partial charge in [-0.15, -0.1) is 0 Å². The lowest BCUT2D eigenvalue weighted by Crippen LogP contribution is -2.21. The van der Waals surface area contributed by atoms with Crippen LogP contribution in [0.2, 0.25) is 0 Å². The Kier molecular flexibility index (Phi) is 3.54. The van der Waals surface area contributed by atoms with Crippen molar-refractivity contribution in [2.75, 3.05) is 13.6 Å². The first-order chi connectivity index (χ1) is 7.72. The SMILES string of the molecule is CNCC1CCCC1c1ccc(F)c(F)c1. The summed E-state index contributed by atoms with van der Waals surface area (Å²) < 4.78 is 26.0. The molecule has 1 aliphatic rings. The summed E-state index contributed by atoms with van der Waals surface area (Å²) in [5.41, 5.74) is 0.941. The van der Waals surface area contributed by atoms with Crippen molar-refractivity contribution in [3.8, 4) is 0 Å². The number of hydrogen-bond donors (Lipinski definition) is 1. The van der Waals surface area contributed by atoms with Gasteiger partial charge in [0.25, 0.3) is 0 Å². The van der Waals surface area contributed by atoms with E-state index in [2.05, 4.69) is 5.32 Å². The Bertz CT molecular complexity index is 365. The Morgan fingerprint density at radius 3 is 2.75 bits per heavy atom. The Balaban J connectivity index is 2.19. The van der Waals surface area contributed by atoms with Crippen LogP contribution in [0.5, 0.6) is 0 Å². The smallest absolute Gasteiger partial charge is 0.159 e. The molecule has 1 aliphatic carbocycles. The summed E-state index contributed by atoms with van der Waals surface area (Å²) in [4.78, 5) is 0. The normalized spacial score (nSPS) is 24.9. The van der Waals surface area contributed by atoms with E-state index in [-0.39, 0.29) is 0 Å². The van der Waals surface area contributed by atoms with E-state index in [9.17, 15) is 8.78 Å². The van der Waals surface area contributed by atoms with Crippen LogP contribution in [0.1, 0.15) is 30.7 Å². The van der Waals surface area contributed by atoms with E-state index in [0.29, 0.717) is 11.8 Å². The van der Waals surface area contributed by atoms with Gasteiger partial charge in [0.05, 0.1) is 0 Å². The second-order valence-corrected chi connectivity index (χ2v) is 4.53. The van der Waals surface area contributed by atoms with E-state index in [1.54, 1.807) is 6.07 Å². The fraction of sp³-hybridized carbons (Fsp3) is 0.538. The van der Waals surface area contributed by atoms with Crippen molar-refractivity contribution in [3.05, 3.63) is 35.4 Å². The fourth-order valence-electron chi connectivity index (χ4n) is 2.73. The van der Waals surface area contributed by atoms with E-state index in [1.165, 1.54) is 25.0 Å². The molecule has 0 aromatic heterocycles. The molecule has 16 heavy (non-hydrogen) atoms. The van der Waals surface area contributed by atoms with E-state index in [1.807, 2.05) is 7.05 Å². The zero-order valence-corrected chi connectivity index (χ0v) is 9.47. The van der Waals surface area contributed by atoms with E-state index in [4.69, 9.17) is 0 Å². The minimum atomic E-state index is -0.757. The van der Waals surface area contributed by atoms with Crippen LogP contribution in [0.3, 0.4) is 0 Å². The highest BCUT2D eigenvalue weighted by Gasteiger charge is 2.28. The second kappa shape index (κ2) is 4.91. The predicted octanol–water partition coefficient (Wildman–Crippen LogP) is 3.07. The fourth-order valence-corrected chi connectivity index (χ4v) is 2.73. The highest BCUT2D eigenvalue weighted by molar-refractivity contribution is 5.23. The molecule has 0 spiro atoms. The summed E-state index contributed by atoms with van der Waals surface area (Å²) >= 11 is 0. The second-order valence-electron chi connectivity index (χ2n) is 4.53. The molecular weight excluding hydrogens is 208 g/mol. The molecule has 1 aromatic rings. The van der Waals surface area contributed by atoms with Gasteiger partial charge in [0.15, 0.2) is 11.6 Å². The third-order valence-corrected chi connectivity index (χ3v) is 3.50. The molecule has 1 N–H and O–H groups in total. The van der Waals surface area contributed by atoms with Gasteiger partial charge in [-0.3, -0.25) is 0 Å². The molecule has 1 aromatic carbocycles. The van der Waals surface area contributed by atoms with Gasteiger partial charge in [-0.25, -0.2) is 8.78 Å². The lowest BCUT2D eigenvalue weighted by molar-refractivity contribution is 0.456. The van der Waals surface area contributed by atoms with Crippen LogP contribution in [0, 0.1) is 17.6 Å². The van der Waals surface area contributed by atoms with Gasteiger partial charge in [0, 0.05) is 0 Å². The first kappa shape index (κ1) is 11.5. The number of halogens is 2. The molecule has 2 unspecified atom stereocenters. The molecule has 1 nitrogen and oxygen atoms in total. The molecule has 0 amide bonds. The highest BCUT2D eigenvalue weighted by Crippen LogP contribution is 2.39. The van der Waals surface area contributed by atoms with Gasteiger partial charge in [-0.2, -0.15) is 0 Å². The first-order valence-electron chi connectivity index (χ1n) is 5.82. The largest absolute Gasteiger partial charge is 0.319 e. The standard InChI is InChI=1S/C13H17F2N/c1-16-8-10-3-2-4-11(10)9-5-6-12(14)13(15)7-9/h5-7,10-11,16H,2-4,8H2,1H3. The maximum atomic E-state index is 13.2. The molecule has 1 saturated carbocycles. The molecule has 0 saturated heterocycles. The lowest BCUT2D eigenvalue weighted by Gasteiger charge is -2.19. The van der Waals surface area contributed by atoms with Gasteiger partial charge in [0.1, 0.15) is 0 Å². The molecule has 0 aliphatic heterocycles. The van der Waals surface area contributed by atoms with Crippen LogP contribution in [0.15, 0.2) is 18.2 Å². The Labute approximate surface area is 94.9 Å². The number of benzene rings is 1. The quantitative estimate of drug-likeness (QED) is 0.833. The summed E-state index contributed by atoms with van der Waals surface area (Å²) in [6.07, 6.45) is 3.43. The average molecular weight is 225 g/mol. The van der Waals surface area contributed by atoms with Crippen molar-refractivity contribution in [2.24, 2.45) is 5.92 Å². The van der Waals surface area contributed by atoms with Crippen molar-refractivity contribution in [3.63, 3.8) is 0 Å². The van der Waals surface area contributed by atoms with E-state index >= 15 is 0 Å². The minimum absolute atomic E-state index is 0.377. The van der Waals surface area contributed by atoms with Crippen molar-refractivity contribution < 1.29 is 8.78 Å². The summed E-state index contributed by atoms with van der Waals surface area (Å²) in [5, 5.41) is 3.17. The van der Waals surface area contributed by atoms with Crippen molar-refractivity contribution in [1.82, 2.24) is 5.32 Å². The Morgan fingerprint density at radius 1 is 1.25 bits per heavy atom. The van der Waals surface area contributed by atoms with E-state index in [0.717, 1.165) is 18.5 Å². The van der Waals surface area contributed by atoms with Gasteiger partial charge in [-0.1, -0.05) is 12.5 Å². The Hall–Kier alpha value is -0.960. The van der Waals surface area contributed by atoms with E-state index < -0.39 is 11.6 Å². The molecule has 1 fully saturated rings. The number of hydrogen-bond acceptors (Lipinski definition) is 1.